The van der Waals surface area contributed by atoms with E-state index in [0.717, 1.165) is 4.47 Å². The number of amides is 1. The van der Waals surface area contributed by atoms with Gasteiger partial charge in [-0.1, -0.05) is 22.0 Å². The fourth-order valence-corrected chi connectivity index (χ4v) is 3.54. The average molecular weight is 382 g/mol. The Labute approximate surface area is 136 Å². The normalized spacial score (nSPS) is 19.0. The van der Waals surface area contributed by atoms with Crippen LogP contribution in [0.1, 0.15) is 0 Å². The predicted octanol–water partition coefficient (Wildman–Crippen LogP) is 1.89. The van der Waals surface area contributed by atoms with Crippen molar-refractivity contribution < 1.29 is 13.2 Å². The number of hydrogen-bond acceptors (Lipinski definition) is 4. The van der Waals surface area contributed by atoms with Gasteiger partial charge in [-0.25, -0.2) is 8.42 Å². The van der Waals surface area contributed by atoms with Gasteiger partial charge in [-0.2, -0.15) is 0 Å². The van der Waals surface area contributed by atoms with Crippen molar-refractivity contribution in [1.29, 1.82) is 0 Å². The molecule has 1 aromatic rings. The van der Waals surface area contributed by atoms with Gasteiger partial charge in [-0.15, -0.1) is 4.40 Å². The number of allylic oxidation sites excluding steroid dienone is 2. The second-order valence-electron chi connectivity index (χ2n) is 4.78. The number of carbonyl (C=O) groups is 1. The van der Waals surface area contributed by atoms with E-state index in [-0.39, 0.29) is 17.2 Å². The van der Waals surface area contributed by atoms with Crippen molar-refractivity contribution in [3.8, 4) is 0 Å². The highest BCUT2D eigenvalue weighted by molar-refractivity contribution is 9.10. The summed E-state index contributed by atoms with van der Waals surface area (Å²) in [4.78, 5) is 14.1. The lowest BCUT2D eigenvalue weighted by Crippen LogP contribution is -2.40. The fourth-order valence-electron chi connectivity index (χ4n) is 2.16. The molecule has 0 aromatic heterocycles. The van der Waals surface area contributed by atoms with Gasteiger partial charge in [-0.05, 0) is 30.4 Å². The molecule has 0 aliphatic carbocycles. The third kappa shape index (κ3) is 3.12. The largest absolute Gasteiger partial charge is 0.331 e. The van der Waals surface area contributed by atoms with Crippen LogP contribution in [-0.4, -0.2) is 37.4 Å². The van der Waals surface area contributed by atoms with Gasteiger partial charge < -0.3 is 10.2 Å². The lowest BCUT2D eigenvalue weighted by atomic mass is 10.1. The molecule has 0 saturated carbocycles. The van der Waals surface area contributed by atoms with E-state index in [2.05, 4.69) is 25.6 Å². The summed E-state index contributed by atoms with van der Waals surface area (Å²) in [5, 5.41) is 2.74. The molecule has 0 radical (unpaired) electrons. The molecule has 3 rings (SSSR count). The summed E-state index contributed by atoms with van der Waals surface area (Å²) in [5.74, 6) is -0.286. The summed E-state index contributed by atoms with van der Waals surface area (Å²) in [6, 6.07) is 7.15. The lowest BCUT2D eigenvalue weighted by Gasteiger charge is -2.28. The number of nitrogens with zero attached hydrogens (tertiary/aromatic N) is 2. The molecule has 1 amide bonds. The first-order valence-electron chi connectivity index (χ1n) is 6.50. The lowest BCUT2D eigenvalue weighted by molar-refractivity contribution is -0.112. The number of anilines is 1. The van der Waals surface area contributed by atoms with Crippen molar-refractivity contribution in [2.75, 3.05) is 17.6 Å². The molecule has 0 unspecified atom stereocenters. The van der Waals surface area contributed by atoms with Gasteiger partial charge in [0.1, 0.15) is 0 Å². The van der Waals surface area contributed by atoms with Gasteiger partial charge in [0, 0.05) is 22.9 Å². The standard InChI is InChI=1S/C14H12BrN3O3S/c15-10-3-1-4-11(9-10)16-14(19)12-5-2-6-18-7-8-22(20,21)17-13(12)18/h1-6,9H,7-8H2,(H,16,19). The van der Waals surface area contributed by atoms with Gasteiger partial charge in [0.2, 0.25) is 0 Å². The maximum atomic E-state index is 12.4. The molecule has 1 aromatic carbocycles. The molecule has 2 aliphatic heterocycles. The van der Waals surface area contributed by atoms with Crippen LogP contribution >= 0.6 is 15.9 Å². The van der Waals surface area contributed by atoms with E-state index >= 15 is 0 Å². The molecule has 0 spiro atoms. The molecule has 2 heterocycles. The number of nitrogens with one attached hydrogen (secondary N) is 1. The third-order valence-electron chi connectivity index (χ3n) is 3.18. The second kappa shape index (κ2) is 5.69. The van der Waals surface area contributed by atoms with E-state index in [4.69, 9.17) is 0 Å². The molecule has 22 heavy (non-hydrogen) atoms. The van der Waals surface area contributed by atoms with Crippen molar-refractivity contribution in [2.24, 2.45) is 4.40 Å². The highest BCUT2D eigenvalue weighted by atomic mass is 79.9. The minimum Gasteiger partial charge on any atom is -0.331 e. The van der Waals surface area contributed by atoms with E-state index in [9.17, 15) is 13.2 Å². The fraction of sp³-hybridized carbons (Fsp3) is 0.143. The van der Waals surface area contributed by atoms with E-state index < -0.39 is 15.9 Å². The number of rotatable bonds is 2. The molecular weight excluding hydrogens is 370 g/mol. The molecule has 2 aliphatic rings. The average Bonchev–Trinajstić information content (AvgIpc) is 2.45. The predicted molar refractivity (Wildman–Crippen MR) is 87.9 cm³/mol. The number of sulfonamides is 1. The van der Waals surface area contributed by atoms with E-state index in [1.165, 1.54) is 0 Å². The van der Waals surface area contributed by atoms with Crippen molar-refractivity contribution >= 4 is 43.4 Å². The summed E-state index contributed by atoms with van der Waals surface area (Å²) >= 11 is 3.33. The minimum atomic E-state index is -3.52. The first kappa shape index (κ1) is 15.0. The molecule has 0 bridgehead atoms. The van der Waals surface area contributed by atoms with Crippen LogP contribution < -0.4 is 5.32 Å². The Bertz CT molecular complexity index is 827. The highest BCUT2D eigenvalue weighted by Gasteiger charge is 2.29. The first-order valence-corrected chi connectivity index (χ1v) is 8.90. The van der Waals surface area contributed by atoms with Crippen LogP contribution in [0.25, 0.3) is 0 Å². The molecule has 0 saturated heterocycles. The molecule has 8 heteroatoms. The Balaban J connectivity index is 1.90. The summed E-state index contributed by atoms with van der Waals surface area (Å²) in [7, 11) is -3.52. The quantitative estimate of drug-likeness (QED) is 0.847. The smallest absolute Gasteiger partial charge is 0.259 e. The Morgan fingerprint density at radius 1 is 1.36 bits per heavy atom. The summed E-state index contributed by atoms with van der Waals surface area (Å²) in [5.41, 5.74) is 0.839. The van der Waals surface area contributed by atoms with Crippen LogP contribution in [-0.2, 0) is 14.8 Å². The van der Waals surface area contributed by atoms with Gasteiger partial charge >= 0.3 is 0 Å². The zero-order valence-corrected chi connectivity index (χ0v) is 13.8. The molecular formula is C14H12BrN3O3S. The van der Waals surface area contributed by atoms with Gasteiger partial charge in [0.15, 0.2) is 5.84 Å². The van der Waals surface area contributed by atoms with Gasteiger partial charge in [0.25, 0.3) is 15.9 Å². The van der Waals surface area contributed by atoms with Crippen LogP contribution in [0.2, 0.25) is 0 Å². The number of benzene rings is 1. The second-order valence-corrected chi connectivity index (χ2v) is 7.45. The monoisotopic (exact) mass is 381 g/mol. The number of halogens is 1. The van der Waals surface area contributed by atoms with E-state index in [0.29, 0.717) is 12.2 Å². The minimum absolute atomic E-state index is 0.0542. The van der Waals surface area contributed by atoms with E-state index in [1.54, 1.807) is 41.5 Å². The number of amidine groups is 1. The number of fused-ring (bicyclic) bond motifs is 1. The summed E-state index contributed by atoms with van der Waals surface area (Å²) in [6.45, 7) is 0.291. The Hall–Kier alpha value is -1.93. The Morgan fingerprint density at radius 3 is 2.95 bits per heavy atom. The van der Waals surface area contributed by atoms with Crippen molar-refractivity contribution in [2.45, 2.75) is 0 Å². The van der Waals surface area contributed by atoms with Crippen LogP contribution in [0.5, 0.6) is 0 Å². The van der Waals surface area contributed by atoms with E-state index in [1.807, 2.05) is 6.07 Å². The molecule has 0 fully saturated rings. The zero-order chi connectivity index (χ0) is 15.7. The molecule has 6 nitrogen and oxygen atoms in total. The van der Waals surface area contributed by atoms with Crippen LogP contribution in [0, 0.1) is 0 Å². The van der Waals surface area contributed by atoms with Gasteiger partial charge in [-0.3, -0.25) is 4.79 Å². The van der Waals surface area contributed by atoms with Crippen LogP contribution in [0.15, 0.2) is 57.1 Å². The van der Waals surface area contributed by atoms with Crippen molar-refractivity contribution in [3.05, 3.63) is 52.7 Å². The highest BCUT2D eigenvalue weighted by Crippen LogP contribution is 2.20. The van der Waals surface area contributed by atoms with Crippen LogP contribution in [0.4, 0.5) is 5.69 Å². The van der Waals surface area contributed by atoms with Crippen molar-refractivity contribution in [3.63, 3.8) is 0 Å². The van der Waals surface area contributed by atoms with Crippen molar-refractivity contribution in [1.82, 2.24) is 4.90 Å². The number of carbonyl (C=O) groups excluding carboxylic acids is 1. The molecule has 114 valence electrons. The first-order chi connectivity index (χ1) is 10.4. The topological polar surface area (TPSA) is 78.8 Å². The zero-order valence-electron chi connectivity index (χ0n) is 11.4. The van der Waals surface area contributed by atoms with Gasteiger partial charge in [0.05, 0.1) is 11.3 Å². The molecule has 0 atom stereocenters. The summed E-state index contributed by atoms with van der Waals surface area (Å²) in [6.07, 6.45) is 4.97. The third-order valence-corrected chi connectivity index (χ3v) is 4.83. The Morgan fingerprint density at radius 2 is 2.18 bits per heavy atom. The molecule has 1 N–H and O–H groups in total. The Kier molecular flexibility index (Phi) is 3.88. The number of hydrogen-bond donors (Lipinski definition) is 1. The van der Waals surface area contributed by atoms with Crippen LogP contribution in [0.3, 0.4) is 0 Å². The maximum Gasteiger partial charge on any atom is 0.259 e. The maximum absolute atomic E-state index is 12.4. The SMILES string of the molecule is O=C(Nc1cccc(Br)c1)C1=CC=CN2CCS(=O)(=O)N=C12. The summed E-state index contributed by atoms with van der Waals surface area (Å²) < 4.78 is 27.9.